The Morgan fingerprint density at radius 1 is 1.44 bits per heavy atom. The van der Waals surface area contributed by atoms with Gasteiger partial charge in [-0.05, 0) is 34.8 Å². The summed E-state index contributed by atoms with van der Waals surface area (Å²) in [4.78, 5) is 20.4. The molecule has 2 heterocycles. The third kappa shape index (κ3) is 1.86. The normalized spacial score (nSPS) is 16.6. The Hall–Kier alpha value is -1.23. The van der Waals surface area contributed by atoms with E-state index in [9.17, 15) is 4.79 Å². The number of fused-ring (bicyclic) bond motifs is 1. The Kier molecular flexibility index (Phi) is 2.93. The van der Waals surface area contributed by atoms with E-state index in [4.69, 9.17) is 0 Å². The van der Waals surface area contributed by atoms with Crippen LogP contribution in [-0.4, -0.2) is 20.3 Å². The van der Waals surface area contributed by atoms with Crippen molar-refractivity contribution >= 4 is 32.7 Å². The zero-order valence-electron chi connectivity index (χ0n) is 10.2. The summed E-state index contributed by atoms with van der Waals surface area (Å²) < 4.78 is 2.68. The fourth-order valence-electron chi connectivity index (χ4n) is 2.79. The highest BCUT2D eigenvalue weighted by Crippen LogP contribution is 2.34. The van der Waals surface area contributed by atoms with Crippen molar-refractivity contribution in [3.05, 3.63) is 22.7 Å². The van der Waals surface area contributed by atoms with Crippen LogP contribution in [0.3, 0.4) is 0 Å². The van der Waals surface area contributed by atoms with Crippen molar-refractivity contribution in [3.63, 3.8) is 0 Å². The molecule has 0 N–H and O–H groups in total. The molecule has 0 atom stereocenters. The van der Waals surface area contributed by atoms with Gasteiger partial charge in [-0.3, -0.25) is 4.79 Å². The molecule has 94 valence electrons. The molecule has 0 radical (unpaired) electrons. The summed E-state index contributed by atoms with van der Waals surface area (Å²) in [7, 11) is 0. The summed E-state index contributed by atoms with van der Waals surface area (Å²) in [6.45, 7) is 1.61. The highest BCUT2D eigenvalue weighted by atomic mass is 79.9. The molecule has 1 aliphatic carbocycles. The van der Waals surface area contributed by atoms with Gasteiger partial charge in [0.1, 0.15) is 5.65 Å². The molecule has 18 heavy (non-hydrogen) atoms. The van der Waals surface area contributed by atoms with Crippen LogP contribution < -0.4 is 0 Å². The molecule has 1 saturated carbocycles. The quantitative estimate of drug-likeness (QED) is 0.630. The molecule has 0 aromatic carbocycles. The summed E-state index contributed by atoms with van der Waals surface area (Å²) >= 11 is 3.30. The van der Waals surface area contributed by atoms with E-state index < -0.39 is 0 Å². The monoisotopic (exact) mass is 307 g/mol. The highest BCUT2D eigenvalue weighted by Gasteiger charge is 2.24. The predicted octanol–water partition coefficient (Wildman–Crippen LogP) is 3.51. The summed E-state index contributed by atoms with van der Waals surface area (Å²) in [6.07, 6.45) is 6.49. The molecule has 4 nitrogen and oxygen atoms in total. The molecular formula is C13H14BrN3O. The largest absolute Gasteiger partial charge is 0.320 e. The second kappa shape index (κ2) is 4.46. The van der Waals surface area contributed by atoms with Crippen molar-refractivity contribution in [3.8, 4) is 0 Å². The fraction of sp³-hybridized carbons (Fsp3) is 0.462. The SMILES string of the molecule is CC(=O)c1cc2cnc(Br)nc2n1C1CCCC1. The fourth-order valence-corrected chi connectivity index (χ4v) is 3.06. The molecule has 2 aromatic rings. The van der Waals surface area contributed by atoms with Crippen LogP contribution >= 0.6 is 15.9 Å². The van der Waals surface area contributed by atoms with E-state index in [1.165, 1.54) is 12.8 Å². The Labute approximate surface area is 114 Å². The molecule has 1 fully saturated rings. The van der Waals surface area contributed by atoms with Crippen molar-refractivity contribution in [1.29, 1.82) is 0 Å². The van der Waals surface area contributed by atoms with Gasteiger partial charge in [-0.25, -0.2) is 9.97 Å². The van der Waals surface area contributed by atoms with E-state index in [1.807, 2.05) is 6.07 Å². The molecule has 3 rings (SSSR count). The second-order valence-electron chi connectivity index (χ2n) is 4.81. The van der Waals surface area contributed by atoms with Crippen LogP contribution in [0.5, 0.6) is 0 Å². The van der Waals surface area contributed by atoms with E-state index in [-0.39, 0.29) is 5.78 Å². The third-order valence-electron chi connectivity index (χ3n) is 3.60. The average molecular weight is 308 g/mol. The van der Waals surface area contributed by atoms with Gasteiger partial charge in [-0.1, -0.05) is 12.8 Å². The number of aromatic nitrogens is 3. The maximum Gasteiger partial charge on any atom is 0.198 e. The number of hydrogen-bond donors (Lipinski definition) is 0. The molecule has 0 amide bonds. The zero-order valence-corrected chi connectivity index (χ0v) is 11.8. The van der Waals surface area contributed by atoms with E-state index >= 15 is 0 Å². The minimum absolute atomic E-state index is 0.0935. The Bertz CT molecular complexity index is 614. The number of carbonyl (C=O) groups is 1. The van der Waals surface area contributed by atoms with E-state index in [0.717, 1.165) is 29.6 Å². The van der Waals surface area contributed by atoms with Crippen LogP contribution in [0.1, 0.15) is 49.1 Å². The summed E-state index contributed by atoms with van der Waals surface area (Å²) in [5.74, 6) is 0.0935. The summed E-state index contributed by atoms with van der Waals surface area (Å²) in [5.41, 5.74) is 1.62. The maximum absolute atomic E-state index is 11.8. The second-order valence-corrected chi connectivity index (χ2v) is 5.52. The maximum atomic E-state index is 11.8. The topological polar surface area (TPSA) is 47.8 Å². The van der Waals surface area contributed by atoms with Gasteiger partial charge in [0.05, 0.1) is 5.69 Å². The number of hydrogen-bond acceptors (Lipinski definition) is 3. The molecule has 1 aliphatic rings. The number of Topliss-reactive ketones (excluding diaryl/α,β-unsaturated/α-hetero) is 1. The van der Waals surface area contributed by atoms with Gasteiger partial charge < -0.3 is 4.57 Å². The number of ketones is 1. The lowest BCUT2D eigenvalue weighted by Crippen LogP contribution is -2.12. The van der Waals surface area contributed by atoms with Crippen LogP contribution in [0.25, 0.3) is 11.0 Å². The molecule has 0 spiro atoms. The van der Waals surface area contributed by atoms with Crippen LogP contribution in [-0.2, 0) is 0 Å². The minimum atomic E-state index is 0.0935. The average Bonchev–Trinajstić information content (AvgIpc) is 2.93. The van der Waals surface area contributed by atoms with Crippen LogP contribution in [0.15, 0.2) is 17.0 Å². The van der Waals surface area contributed by atoms with Crippen LogP contribution in [0, 0.1) is 0 Å². The lowest BCUT2D eigenvalue weighted by Gasteiger charge is -2.15. The Balaban J connectivity index is 2.26. The third-order valence-corrected chi connectivity index (χ3v) is 3.98. The predicted molar refractivity (Wildman–Crippen MR) is 72.7 cm³/mol. The Morgan fingerprint density at radius 2 is 2.17 bits per heavy atom. The molecule has 5 heteroatoms. The highest BCUT2D eigenvalue weighted by molar-refractivity contribution is 9.10. The van der Waals surface area contributed by atoms with Gasteiger partial charge in [0.2, 0.25) is 0 Å². The van der Waals surface area contributed by atoms with Crippen molar-refractivity contribution in [2.24, 2.45) is 0 Å². The Morgan fingerprint density at radius 3 is 2.83 bits per heavy atom. The lowest BCUT2D eigenvalue weighted by atomic mass is 10.2. The van der Waals surface area contributed by atoms with E-state index in [2.05, 4.69) is 30.5 Å². The van der Waals surface area contributed by atoms with Gasteiger partial charge in [-0.2, -0.15) is 0 Å². The van der Waals surface area contributed by atoms with E-state index in [1.54, 1.807) is 13.1 Å². The molecular weight excluding hydrogens is 294 g/mol. The van der Waals surface area contributed by atoms with E-state index in [0.29, 0.717) is 10.8 Å². The van der Waals surface area contributed by atoms with Crippen molar-refractivity contribution in [1.82, 2.24) is 14.5 Å². The van der Waals surface area contributed by atoms with Gasteiger partial charge in [0.15, 0.2) is 10.5 Å². The van der Waals surface area contributed by atoms with Crippen molar-refractivity contribution < 1.29 is 4.79 Å². The number of rotatable bonds is 2. The molecule has 0 bridgehead atoms. The van der Waals surface area contributed by atoms with Gasteiger partial charge in [-0.15, -0.1) is 0 Å². The van der Waals surface area contributed by atoms with Gasteiger partial charge in [0, 0.05) is 24.5 Å². The minimum Gasteiger partial charge on any atom is -0.320 e. The van der Waals surface area contributed by atoms with Crippen LogP contribution in [0.4, 0.5) is 0 Å². The summed E-state index contributed by atoms with van der Waals surface area (Å²) in [5, 5.41) is 0.940. The number of nitrogens with zero attached hydrogens (tertiary/aromatic N) is 3. The smallest absolute Gasteiger partial charge is 0.198 e. The van der Waals surface area contributed by atoms with Gasteiger partial charge in [0.25, 0.3) is 0 Å². The number of halogens is 1. The van der Waals surface area contributed by atoms with Crippen LogP contribution in [0.2, 0.25) is 0 Å². The molecule has 0 saturated heterocycles. The van der Waals surface area contributed by atoms with Crippen molar-refractivity contribution in [2.75, 3.05) is 0 Å². The van der Waals surface area contributed by atoms with Crippen molar-refractivity contribution in [2.45, 2.75) is 38.6 Å². The molecule has 0 aliphatic heterocycles. The standard InChI is InChI=1S/C13H14BrN3O/c1-8(18)11-6-9-7-15-13(14)16-12(9)17(11)10-4-2-3-5-10/h6-7,10H,2-5H2,1H3. The first kappa shape index (κ1) is 11.8. The van der Waals surface area contributed by atoms with Gasteiger partial charge >= 0.3 is 0 Å². The first-order valence-corrected chi connectivity index (χ1v) is 7.00. The summed E-state index contributed by atoms with van der Waals surface area (Å²) in [6, 6.07) is 2.31. The zero-order chi connectivity index (χ0) is 12.7. The molecule has 2 aromatic heterocycles. The first-order chi connectivity index (χ1) is 8.66. The molecule has 0 unspecified atom stereocenters. The first-order valence-electron chi connectivity index (χ1n) is 6.21. The number of carbonyl (C=O) groups excluding carboxylic acids is 1. The lowest BCUT2D eigenvalue weighted by molar-refractivity contribution is 0.100.